The molecule has 1 atom stereocenters. The highest BCUT2D eigenvalue weighted by Crippen LogP contribution is 2.23. The number of carbonyl (C=O) groups is 2. The molecule has 0 spiro atoms. The number of benzene rings is 1. The molecule has 1 fully saturated rings. The highest BCUT2D eigenvalue weighted by Gasteiger charge is 2.23. The number of carbonyl (C=O) groups excluding carboxylic acids is 2. The Kier molecular flexibility index (Phi) is 6.47. The first-order chi connectivity index (χ1) is 13.1. The average molecular weight is 387 g/mol. The van der Waals surface area contributed by atoms with Crippen LogP contribution in [0.5, 0.6) is 0 Å². The maximum Gasteiger partial charge on any atom is 0.321 e. The van der Waals surface area contributed by atoms with Crippen molar-refractivity contribution < 1.29 is 9.59 Å². The van der Waals surface area contributed by atoms with Crippen LogP contribution in [0, 0.1) is 0 Å². The summed E-state index contributed by atoms with van der Waals surface area (Å²) < 4.78 is 0. The Balaban J connectivity index is 1.70. The molecule has 3 rings (SSSR count). The monoisotopic (exact) mass is 386 g/mol. The first kappa shape index (κ1) is 19.4. The van der Waals surface area contributed by atoms with Crippen molar-refractivity contribution in [1.29, 1.82) is 0 Å². The van der Waals surface area contributed by atoms with E-state index in [4.69, 9.17) is 0 Å². The zero-order valence-corrected chi connectivity index (χ0v) is 16.6. The molecule has 144 valence electrons. The van der Waals surface area contributed by atoms with E-state index < -0.39 is 0 Å². The Morgan fingerprint density at radius 2 is 2.15 bits per heavy atom. The summed E-state index contributed by atoms with van der Waals surface area (Å²) in [5.41, 5.74) is 2.54. The van der Waals surface area contributed by atoms with Gasteiger partial charge in [-0.25, -0.2) is 4.79 Å². The number of hydrogen-bond acceptors (Lipinski definition) is 4. The van der Waals surface area contributed by atoms with Crippen LogP contribution in [-0.2, 0) is 0 Å². The van der Waals surface area contributed by atoms with E-state index in [1.54, 1.807) is 28.4 Å². The molecule has 2 N–H and O–H groups in total. The lowest BCUT2D eigenvalue weighted by Gasteiger charge is -2.29. The van der Waals surface area contributed by atoms with Gasteiger partial charge in [0.2, 0.25) is 0 Å². The fraction of sp³-hybridized carbons (Fsp3) is 0.400. The van der Waals surface area contributed by atoms with Gasteiger partial charge in [0.05, 0.1) is 6.04 Å². The first-order valence-corrected chi connectivity index (χ1v) is 10.3. The molecule has 7 heteroatoms. The standard InChI is InChI=1S/C20H26N4O2S/c1-3-23(4-2)18(16-8-11-27-14-16)13-22-19(25)15-6-5-7-17(12-15)24-10-9-21-20(24)26/h5-8,11-12,14,18H,3-4,9-10,13H2,1-2H3,(H,21,26)(H,22,25)/t18-/m0/s1. The SMILES string of the molecule is CCN(CC)[C@@H](CNC(=O)c1cccc(N2CCNC2=O)c1)c1ccsc1. The van der Waals surface area contributed by atoms with Crippen LogP contribution in [0.3, 0.4) is 0 Å². The molecule has 2 aromatic rings. The predicted octanol–water partition coefficient (Wildman–Crippen LogP) is 3.09. The van der Waals surface area contributed by atoms with Gasteiger partial charge in [0, 0.05) is 30.9 Å². The van der Waals surface area contributed by atoms with Gasteiger partial charge in [-0.05, 0) is 53.7 Å². The lowest BCUT2D eigenvalue weighted by molar-refractivity contribution is 0.0935. The van der Waals surface area contributed by atoms with Gasteiger partial charge in [-0.2, -0.15) is 11.3 Å². The summed E-state index contributed by atoms with van der Waals surface area (Å²) in [4.78, 5) is 28.6. The van der Waals surface area contributed by atoms with Crippen molar-refractivity contribution in [1.82, 2.24) is 15.5 Å². The van der Waals surface area contributed by atoms with Crippen molar-refractivity contribution in [2.75, 3.05) is 37.6 Å². The average Bonchev–Trinajstić information content (AvgIpc) is 3.36. The van der Waals surface area contributed by atoms with Crippen LogP contribution in [-0.4, -0.2) is 49.6 Å². The molecule has 27 heavy (non-hydrogen) atoms. The molecular formula is C20H26N4O2S. The Hall–Kier alpha value is -2.38. The first-order valence-electron chi connectivity index (χ1n) is 9.33. The Labute approximate surface area is 164 Å². The summed E-state index contributed by atoms with van der Waals surface area (Å²) in [6.45, 7) is 7.91. The van der Waals surface area contributed by atoms with Gasteiger partial charge < -0.3 is 10.6 Å². The van der Waals surface area contributed by atoms with Gasteiger partial charge in [0.1, 0.15) is 0 Å². The summed E-state index contributed by atoms with van der Waals surface area (Å²) >= 11 is 1.67. The van der Waals surface area contributed by atoms with Crippen molar-refractivity contribution in [2.45, 2.75) is 19.9 Å². The van der Waals surface area contributed by atoms with E-state index in [1.807, 2.05) is 12.1 Å². The van der Waals surface area contributed by atoms with Crippen LogP contribution in [0.15, 0.2) is 41.1 Å². The number of likely N-dealkylation sites (N-methyl/N-ethyl adjacent to an activating group) is 1. The molecule has 1 aromatic carbocycles. The molecule has 1 aliphatic heterocycles. The predicted molar refractivity (Wildman–Crippen MR) is 110 cm³/mol. The quantitative estimate of drug-likeness (QED) is 0.733. The molecule has 6 nitrogen and oxygen atoms in total. The minimum absolute atomic E-state index is 0.119. The molecule has 1 aliphatic rings. The van der Waals surface area contributed by atoms with Crippen LogP contribution >= 0.6 is 11.3 Å². The van der Waals surface area contributed by atoms with Crippen molar-refractivity contribution in [3.05, 3.63) is 52.2 Å². The highest BCUT2D eigenvalue weighted by atomic mass is 32.1. The van der Waals surface area contributed by atoms with E-state index in [0.717, 1.165) is 18.8 Å². The van der Waals surface area contributed by atoms with Crippen LogP contribution in [0.4, 0.5) is 10.5 Å². The van der Waals surface area contributed by atoms with Crippen LogP contribution in [0.25, 0.3) is 0 Å². The Bertz CT molecular complexity index is 774. The van der Waals surface area contributed by atoms with Crippen LogP contribution in [0.1, 0.15) is 35.8 Å². The molecule has 1 saturated heterocycles. The molecular weight excluding hydrogens is 360 g/mol. The minimum atomic E-state index is -0.121. The molecule has 0 radical (unpaired) electrons. The molecule has 0 unspecified atom stereocenters. The van der Waals surface area contributed by atoms with E-state index in [9.17, 15) is 9.59 Å². The molecule has 0 saturated carbocycles. The Morgan fingerprint density at radius 3 is 2.78 bits per heavy atom. The topological polar surface area (TPSA) is 64.7 Å². The number of rotatable bonds is 8. The number of urea groups is 1. The Morgan fingerprint density at radius 1 is 1.33 bits per heavy atom. The summed E-state index contributed by atoms with van der Waals surface area (Å²) in [7, 11) is 0. The maximum absolute atomic E-state index is 12.7. The third-order valence-electron chi connectivity index (χ3n) is 4.91. The number of nitrogens with one attached hydrogen (secondary N) is 2. The number of thiophene rings is 1. The molecule has 1 aromatic heterocycles. The molecule has 0 bridgehead atoms. The van der Waals surface area contributed by atoms with Crippen molar-refractivity contribution in [3.63, 3.8) is 0 Å². The third kappa shape index (κ3) is 4.48. The number of amides is 3. The second kappa shape index (κ2) is 9.01. The molecule has 3 amide bonds. The second-order valence-electron chi connectivity index (χ2n) is 6.44. The fourth-order valence-electron chi connectivity index (χ4n) is 3.41. The highest BCUT2D eigenvalue weighted by molar-refractivity contribution is 7.07. The summed E-state index contributed by atoms with van der Waals surface area (Å²) in [5, 5.41) is 10.1. The van der Waals surface area contributed by atoms with E-state index in [2.05, 4.69) is 46.2 Å². The summed E-state index contributed by atoms with van der Waals surface area (Å²) in [5.74, 6) is -0.121. The number of anilines is 1. The third-order valence-corrected chi connectivity index (χ3v) is 5.62. The van der Waals surface area contributed by atoms with Gasteiger partial charge in [0.25, 0.3) is 5.91 Å². The lowest BCUT2D eigenvalue weighted by Crippen LogP contribution is -2.38. The van der Waals surface area contributed by atoms with E-state index in [1.165, 1.54) is 5.56 Å². The second-order valence-corrected chi connectivity index (χ2v) is 7.22. The maximum atomic E-state index is 12.7. The van der Waals surface area contributed by atoms with Crippen LogP contribution < -0.4 is 15.5 Å². The normalized spacial score (nSPS) is 15.1. The summed E-state index contributed by atoms with van der Waals surface area (Å²) in [6.07, 6.45) is 0. The van der Waals surface area contributed by atoms with Crippen molar-refractivity contribution in [3.8, 4) is 0 Å². The largest absolute Gasteiger partial charge is 0.350 e. The molecule has 0 aliphatic carbocycles. The summed E-state index contributed by atoms with van der Waals surface area (Å²) in [6, 6.07) is 9.38. The van der Waals surface area contributed by atoms with E-state index >= 15 is 0 Å². The number of nitrogens with zero attached hydrogens (tertiary/aromatic N) is 2. The fourth-order valence-corrected chi connectivity index (χ4v) is 4.12. The zero-order chi connectivity index (χ0) is 19.2. The smallest absolute Gasteiger partial charge is 0.321 e. The van der Waals surface area contributed by atoms with Gasteiger partial charge in [0.15, 0.2) is 0 Å². The van der Waals surface area contributed by atoms with E-state index in [0.29, 0.717) is 25.2 Å². The van der Waals surface area contributed by atoms with Gasteiger partial charge in [-0.1, -0.05) is 19.9 Å². The van der Waals surface area contributed by atoms with Crippen molar-refractivity contribution >= 4 is 29.0 Å². The van der Waals surface area contributed by atoms with E-state index in [-0.39, 0.29) is 18.0 Å². The van der Waals surface area contributed by atoms with Gasteiger partial charge >= 0.3 is 6.03 Å². The lowest BCUT2D eigenvalue weighted by atomic mass is 10.1. The van der Waals surface area contributed by atoms with Gasteiger partial charge in [-0.15, -0.1) is 0 Å². The van der Waals surface area contributed by atoms with Gasteiger partial charge in [-0.3, -0.25) is 14.6 Å². The van der Waals surface area contributed by atoms with Crippen molar-refractivity contribution in [2.24, 2.45) is 0 Å². The molecule has 2 heterocycles. The zero-order valence-electron chi connectivity index (χ0n) is 15.8. The minimum Gasteiger partial charge on any atom is -0.350 e. The van der Waals surface area contributed by atoms with Crippen LogP contribution in [0.2, 0.25) is 0 Å². The number of hydrogen-bond donors (Lipinski definition) is 2.